The molecule has 1 aliphatic rings. The van der Waals surface area contributed by atoms with Gasteiger partial charge >= 0.3 is 0 Å². The monoisotopic (exact) mass is 247 g/mol. The summed E-state index contributed by atoms with van der Waals surface area (Å²) in [5.41, 5.74) is 0.154. The Balaban J connectivity index is 2.92. The van der Waals surface area contributed by atoms with E-state index >= 15 is 0 Å². The molecule has 0 amide bonds. The summed E-state index contributed by atoms with van der Waals surface area (Å²) in [6.07, 6.45) is 0.982. The van der Waals surface area contributed by atoms with Gasteiger partial charge in [0.15, 0.2) is 0 Å². The van der Waals surface area contributed by atoms with Crippen LogP contribution in [-0.2, 0) is 9.09 Å². The van der Waals surface area contributed by atoms with Crippen molar-refractivity contribution in [3.05, 3.63) is 0 Å². The molecule has 0 unspecified atom stereocenters. The highest BCUT2D eigenvalue weighted by molar-refractivity contribution is 7.58. The van der Waals surface area contributed by atoms with Gasteiger partial charge in [-0.25, -0.2) is 4.67 Å². The van der Waals surface area contributed by atoms with E-state index in [1.165, 1.54) is 0 Å². The van der Waals surface area contributed by atoms with Gasteiger partial charge in [-0.3, -0.25) is 4.57 Å². The molecule has 96 valence electrons. The zero-order chi connectivity index (χ0) is 12.6. The zero-order valence-electron chi connectivity index (χ0n) is 11.5. The second-order valence-electron chi connectivity index (χ2n) is 6.83. The van der Waals surface area contributed by atoms with Crippen molar-refractivity contribution in [2.45, 2.75) is 53.1 Å². The quantitative estimate of drug-likeness (QED) is 0.661. The van der Waals surface area contributed by atoms with Crippen LogP contribution in [0.4, 0.5) is 0 Å². The molecule has 0 spiro atoms. The van der Waals surface area contributed by atoms with Crippen LogP contribution in [0, 0.1) is 5.41 Å². The van der Waals surface area contributed by atoms with Crippen LogP contribution >= 0.6 is 7.52 Å². The van der Waals surface area contributed by atoms with Crippen LogP contribution < -0.4 is 0 Å². The third-order valence-corrected chi connectivity index (χ3v) is 6.02. The highest BCUT2D eigenvalue weighted by Crippen LogP contribution is 2.63. The fraction of sp³-hybridized carbons (Fsp3) is 1.00. The largest absolute Gasteiger partial charge is 0.317 e. The number of hydrogen-bond donors (Lipinski definition) is 0. The third-order valence-electron chi connectivity index (χ3n) is 2.70. The normalized spacial score (nSPS) is 29.4. The van der Waals surface area contributed by atoms with E-state index in [-0.39, 0.29) is 10.6 Å². The van der Waals surface area contributed by atoms with E-state index in [4.69, 9.17) is 4.52 Å². The molecule has 1 fully saturated rings. The van der Waals surface area contributed by atoms with Gasteiger partial charge in [0.2, 0.25) is 0 Å². The van der Waals surface area contributed by atoms with Crippen molar-refractivity contribution in [2.75, 3.05) is 19.7 Å². The minimum absolute atomic E-state index is 0.154. The summed E-state index contributed by atoms with van der Waals surface area (Å²) in [4.78, 5) is 0. The molecule has 0 radical (unpaired) electrons. The topological polar surface area (TPSA) is 29.5 Å². The van der Waals surface area contributed by atoms with Crippen LogP contribution in [0.3, 0.4) is 0 Å². The predicted molar refractivity (Wildman–Crippen MR) is 69.0 cm³/mol. The van der Waals surface area contributed by atoms with Gasteiger partial charge in [-0.2, -0.15) is 0 Å². The maximum absolute atomic E-state index is 13.0. The Bertz CT molecular complexity index is 288. The predicted octanol–water partition coefficient (Wildman–Crippen LogP) is 3.75. The Morgan fingerprint density at radius 3 is 2.19 bits per heavy atom. The highest BCUT2D eigenvalue weighted by atomic mass is 31.2. The summed E-state index contributed by atoms with van der Waals surface area (Å²) in [6, 6.07) is 0. The molecule has 1 atom stereocenters. The molecule has 0 bridgehead atoms. The summed E-state index contributed by atoms with van der Waals surface area (Å²) in [6.45, 7) is 14.9. The molecule has 0 N–H and O–H groups in total. The van der Waals surface area contributed by atoms with E-state index in [9.17, 15) is 4.57 Å². The van der Waals surface area contributed by atoms with Crippen molar-refractivity contribution < 1.29 is 9.09 Å². The van der Waals surface area contributed by atoms with E-state index < -0.39 is 7.52 Å². The molecule has 1 heterocycles. The number of hydrogen-bond acceptors (Lipinski definition) is 2. The van der Waals surface area contributed by atoms with Crippen LogP contribution in [0.5, 0.6) is 0 Å². The maximum atomic E-state index is 13.0. The zero-order valence-corrected chi connectivity index (χ0v) is 12.4. The molecule has 0 aromatic carbocycles. The first-order valence-electron chi connectivity index (χ1n) is 6.06. The Kier molecular flexibility index (Phi) is 3.94. The minimum atomic E-state index is -2.67. The molecule has 0 aliphatic carbocycles. The van der Waals surface area contributed by atoms with Gasteiger partial charge in [0.25, 0.3) is 7.52 Å². The molecule has 16 heavy (non-hydrogen) atoms. The molecule has 3 nitrogen and oxygen atoms in total. The first-order valence-corrected chi connectivity index (χ1v) is 7.64. The first-order chi connectivity index (χ1) is 7.06. The van der Waals surface area contributed by atoms with E-state index in [1.807, 2.05) is 20.8 Å². The molecule has 0 saturated carbocycles. The van der Waals surface area contributed by atoms with Crippen molar-refractivity contribution in [2.24, 2.45) is 5.41 Å². The highest BCUT2D eigenvalue weighted by Gasteiger charge is 2.46. The fourth-order valence-corrected chi connectivity index (χ4v) is 4.78. The molecule has 4 heteroatoms. The van der Waals surface area contributed by atoms with Crippen LogP contribution in [-0.4, -0.2) is 29.5 Å². The SMILES string of the molecule is CC(C)(C)CN1CCCO[P@@]1(=O)C(C)(C)C. The Labute approximate surface area is 100 Å². The molecule has 1 saturated heterocycles. The van der Waals surface area contributed by atoms with Crippen molar-refractivity contribution in [3.8, 4) is 0 Å². The summed E-state index contributed by atoms with van der Waals surface area (Å²) in [5, 5.41) is -0.293. The lowest BCUT2D eigenvalue weighted by Gasteiger charge is -2.44. The first kappa shape index (κ1) is 14.2. The van der Waals surface area contributed by atoms with Crippen molar-refractivity contribution in [3.63, 3.8) is 0 Å². The van der Waals surface area contributed by atoms with Gasteiger partial charge in [-0.05, 0) is 32.6 Å². The van der Waals surface area contributed by atoms with Crippen molar-refractivity contribution in [1.29, 1.82) is 0 Å². The van der Waals surface area contributed by atoms with Gasteiger partial charge in [-0.1, -0.05) is 20.8 Å². The van der Waals surface area contributed by atoms with E-state index in [1.54, 1.807) is 0 Å². The third kappa shape index (κ3) is 3.09. The summed E-state index contributed by atoms with van der Waals surface area (Å²) in [5.74, 6) is 0. The Morgan fingerprint density at radius 1 is 1.19 bits per heavy atom. The average molecular weight is 247 g/mol. The molecular weight excluding hydrogens is 221 g/mol. The Morgan fingerprint density at radius 2 is 1.75 bits per heavy atom. The lowest BCUT2D eigenvalue weighted by atomic mass is 9.97. The lowest BCUT2D eigenvalue weighted by Crippen LogP contribution is -2.40. The van der Waals surface area contributed by atoms with E-state index in [0.29, 0.717) is 6.61 Å². The molecule has 1 rings (SSSR count). The molecule has 0 aromatic rings. The van der Waals surface area contributed by atoms with E-state index in [0.717, 1.165) is 19.5 Å². The average Bonchev–Trinajstić information content (AvgIpc) is 2.04. The van der Waals surface area contributed by atoms with Crippen LogP contribution in [0.15, 0.2) is 0 Å². The Hall–Kier alpha value is 0.150. The number of rotatable bonds is 1. The number of nitrogens with zero attached hydrogens (tertiary/aromatic N) is 1. The maximum Gasteiger partial charge on any atom is 0.277 e. The van der Waals surface area contributed by atoms with Crippen molar-refractivity contribution in [1.82, 2.24) is 4.67 Å². The van der Waals surface area contributed by atoms with Gasteiger partial charge in [-0.15, -0.1) is 0 Å². The van der Waals surface area contributed by atoms with Gasteiger partial charge < -0.3 is 4.52 Å². The van der Waals surface area contributed by atoms with E-state index in [2.05, 4.69) is 25.4 Å². The lowest BCUT2D eigenvalue weighted by molar-refractivity contribution is 0.165. The second-order valence-corrected chi connectivity index (χ2v) is 10.0. The van der Waals surface area contributed by atoms with Crippen molar-refractivity contribution >= 4 is 7.52 Å². The van der Waals surface area contributed by atoms with Gasteiger partial charge in [0.05, 0.1) is 11.8 Å². The minimum Gasteiger partial charge on any atom is -0.317 e. The summed E-state index contributed by atoms with van der Waals surface area (Å²) >= 11 is 0. The van der Waals surface area contributed by atoms with Crippen LogP contribution in [0.25, 0.3) is 0 Å². The summed E-state index contributed by atoms with van der Waals surface area (Å²) < 4.78 is 20.7. The summed E-state index contributed by atoms with van der Waals surface area (Å²) in [7, 11) is -2.67. The molecule has 1 aliphatic heterocycles. The smallest absolute Gasteiger partial charge is 0.277 e. The molecule has 0 aromatic heterocycles. The standard InChI is InChI=1S/C12H26NO2P/c1-11(2,3)10-13-8-7-9-15-16(13,14)12(4,5)6/h7-10H2,1-6H3/t16-/m0/s1. The van der Waals surface area contributed by atoms with Crippen LogP contribution in [0.2, 0.25) is 0 Å². The van der Waals surface area contributed by atoms with Gasteiger partial charge in [0, 0.05) is 13.1 Å². The second kappa shape index (κ2) is 4.44. The molecular formula is C12H26NO2P. The fourth-order valence-electron chi connectivity index (χ4n) is 1.99. The van der Waals surface area contributed by atoms with Gasteiger partial charge in [0.1, 0.15) is 0 Å². The van der Waals surface area contributed by atoms with Crippen LogP contribution in [0.1, 0.15) is 48.0 Å².